The van der Waals surface area contributed by atoms with Gasteiger partial charge in [0.2, 0.25) is 0 Å². The third kappa shape index (κ3) is 3.34. The highest BCUT2D eigenvalue weighted by Gasteiger charge is 2.37. The number of rotatable bonds is 4. The molecule has 3 rings (SSSR count). The lowest BCUT2D eigenvalue weighted by Crippen LogP contribution is -2.50. The molecule has 5 nitrogen and oxygen atoms in total. The maximum atomic E-state index is 13.1. The Morgan fingerprint density at radius 3 is 2.64 bits per heavy atom. The average Bonchev–Trinajstić information content (AvgIpc) is 2.62. The first-order valence-electron chi connectivity index (χ1n) is 7.73. The Balaban J connectivity index is 2.03. The zero-order valence-electron chi connectivity index (χ0n) is 13.7. The topological polar surface area (TPSA) is 70.6 Å². The summed E-state index contributed by atoms with van der Waals surface area (Å²) in [6.07, 6.45) is 0. The normalized spacial score (nSPS) is 19.7. The molecule has 0 aromatic heterocycles. The van der Waals surface area contributed by atoms with Crippen molar-refractivity contribution < 1.29 is 14.6 Å². The summed E-state index contributed by atoms with van der Waals surface area (Å²) in [5.74, 6) is -0.249. The van der Waals surface area contributed by atoms with Crippen molar-refractivity contribution in [1.29, 1.82) is 0 Å². The fraction of sp³-hybridized carbons (Fsp3) is 0.158. The third-order valence-electron chi connectivity index (χ3n) is 4.17. The third-order valence-corrected chi connectivity index (χ3v) is 4.39. The molecule has 1 aliphatic heterocycles. The molecule has 0 radical (unpaired) electrons. The maximum absolute atomic E-state index is 13.1. The van der Waals surface area contributed by atoms with E-state index in [1.807, 2.05) is 18.2 Å². The second kappa shape index (κ2) is 6.94. The summed E-state index contributed by atoms with van der Waals surface area (Å²) in [5, 5.41) is 16.3. The second-order valence-electron chi connectivity index (χ2n) is 5.74. The van der Waals surface area contributed by atoms with Gasteiger partial charge in [-0.3, -0.25) is 4.79 Å². The Kier molecular flexibility index (Phi) is 4.72. The number of ketones is 1. The molecule has 2 aromatic carbocycles. The van der Waals surface area contributed by atoms with Gasteiger partial charge in [0.05, 0.1) is 19.1 Å². The molecule has 1 fully saturated rings. The minimum atomic E-state index is -0.552. The van der Waals surface area contributed by atoms with E-state index in [1.54, 1.807) is 24.3 Å². The number of ether oxygens (including phenoxy) is 1. The van der Waals surface area contributed by atoms with Crippen LogP contribution >= 0.6 is 12.2 Å². The number of hydrogen-bond acceptors (Lipinski definition) is 4. The number of phenolic OH excluding ortho intramolecular Hbond substituents is 1. The Hall–Kier alpha value is -2.86. The minimum absolute atomic E-state index is 0.0347. The molecule has 1 heterocycles. The van der Waals surface area contributed by atoms with Gasteiger partial charge in [-0.15, -0.1) is 0 Å². The van der Waals surface area contributed by atoms with E-state index in [-0.39, 0.29) is 11.5 Å². The van der Waals surface area contributed by atoms with E-state index < -0.39 is 12.0 Å². The highest BCUT2D eigenvalue weighted by atomic mass is 32.1. The highest BCUT2D eigenvalue weighted by Crippen LogP contribution is 2.36. The quantitative estimate of drug-likeness (QED) is 0.579. The average molecular weight is 354 g/mol. The zero-order valence-corrected chi connectivity index (χ0v) is 14.5. The van der Waals surface area contributed by atoms with Crippen LogP contribution in [0.3, 0.4) is 0 Å². The summed E-state index contributed by atoms with van der Waals surface area (Å²) < 4.78 is 5.18. The number of Topliss-reactive ketones (excluding diaryl/α,β-unsaturated/α-hetero) is 1. The largest absolute Gasteiger partial charge is 0.504 e. The number of carbonyl (C=O) groups is 1. The highest BCUT2D eigenvalue weighted by molar-refractivity contribution is 7.80. The van der Waals surface area contributed by atoms with E-state index in [2.05, 4.69) is 17.2 Å². The van der Waals surface area contributed by atoms with Gasteiger partial charge in [-0.05, 0) is 29.9 Å². The van der Waals surface area contributed by atoms with E-state index >= 15 is 0 Å². The standard InChI is InChI=1S/C19H18N2O3S/c1-11-16(18(23)12-6-4-3-5-7-12)17(21-19(25)20-11)13-8-9-14(22)15(10-13)24-2/h3-10,16-17,22H,1H2,2H3,(H2,20,21,25)/t16-,17+/m0/s1. The van der Waals surface area contributed by atoms with Crippen LogP contribution < -0.4 is 15.4 Å². The van der Waals surface area contributed by atoms with E-state index in [9.17, 15) is 9.90 Å². The number of carbonyl (C=O) groups excluding carboxylic acids is 1. The fourth-order valence-electron chi connectivity index (χ4n) is 2.94. The molecule has 0 spiro atoms. The number of aromatic hydroxyl groups is 1. The van der Waals surface area contributed by atoms with Crippen LogP contribution in [-0.2, 0) is 0 Å². The van der Waals surface area contributed by atoms with Gasteiger partial charge < -0.3 is 20.5 Å². The van der Waals surface area contributed by atoms with Crippen LogP contribution in [0.5, 0.6) is 11.5 Å². The van der Waals surface area contributed by atoms with E-state index in [0.29, 0.717) is 22.1 Å². The first-order chi connectivity index (χ1) is 12.0. The monoisotopic (exact) mass is 354 g/mol. The SMILES string of the molecule is C=C1NC(=S)N[C@H](c2ccc(O)c(OC)c2)[C@H]1C(=O)c1ccccc1. The summed E-state index contributed by atoms with van der Waals surface area (Å²) >= 11 is 5.23. The van der Waals surface area contributed by atoms with Crippen LogP contribution in [0.15, 0.2) is 60.8 Å². The fourth-order valence-corrected chi connectivity index (χ4v) is 3.20. The number of thiocarbonyl (C=S) groups is 1. The van der Waals surface area contributed by atoms with E-state index in [4.69, 9.17) is 17.0 Å². The first-order valence-corrected chi connectivity index (χ1v) is 8.14. The molecule has 25 heavy (non-hydrogen) atoms. The number of nitrogens with one attached hydrogen (secondary N) is 2. The molecule has 6 heteroatoms. The van der Waals surface area contributed by atoms with Crippen LogP contribution in [0.25, 0.3) is 0 Å². The summed E-state index contributed by atoms with van der Waals surface area (Å²) in [7, 11) is 1.48. The van der Waals surface area contributed by atoms with Crippen molar-refractivity contribution in [2.75, 3.05) is 7.11 Å². The summed E-state index contributed by atoms with van der Waals surface area (Å²) in [4.78, 5) is 13.1. The Morgan fingerprint density at radius 2 is 1.96 bits per heavy atom. The molecule has 1 aliphatic rings. The summed E-state index contributed by atoms with van der Waals surface area (Å²) in [6, 6.07) is 13.6. The molecular formula is C19H18N2O3S. The van der Waals surface area contributed by atoms with Crippen LogP contribution in [0.1, 0.15) is 22.0 Å². The number of phenols is 1. The lowest BCUT2D eigenvalue weighted by atomic mass is 9.83. The molecule has 0 bridgehead atoms. The first kappa shape index (κ1) is 17.0. The van der Waals surface area contributed by atoms with Crippen molar-refractivity contribution in [2.24, 2.45) is 5.92 Å². The molecule has 2 atom stereocenters. The maximum Gasteiger partial charge on any atom is 0.174 e. The Bertz CT molecular complexity index is 836. The van der Waals surface area contributed by atoms with Crippen molar-refractivity contribution >= 4 is 23.1 Å². The molecule has 0 saturated carbocycles. The molecule has 2 aromatic rings. The number of benzene rings is 2. The summed E-state index contributed by atoms with van der Waals surface area (Å²) in [6.45, 7) is 3.99. The molecule has 3 N–H and O–H groups in total. The zero-order chi connectivity index (χ0) is 18.0. The molecular weight excluding hydrogens is 336 g/mol. The van der Waals surface area contributed by atoms with Crippen LogP contribution in [0.4, 0.5) is 0 Å². The predicted octanol–water partition coefficient (Wildman–Crippen LogP) is 2.93. The van der Waals surface area contributed by atoms with Gasteiger partial charge >= 0.3 is 0 Å². The van der Waals surface area contributed by atoms with Gasteiger partial charge in [-0.25, -0.2) is 0 Å². The lowest BCUT2D eigenvalue weighted by Gasteiger charge is -2.35. The van der Waals surface area contributed by atoms with Gasteiger partial charge in [-0.1, -0.05) is 43.0 Å². The van der Waals surface area contributed by atoms with Gasteiger partial charge in [0.25, 0.3) is 0 Å². The van der Waals surface area contributed by atoms with Gasteiger partial charge in [0.1, 0.15) is 0 Å². The van der Waals surface area contributed by atoms with Crippen LogP contribution in [0.2, 0.25) is 0 Å². The minimum Gasteiger partial charge on any atom is -0.504 e. The molecule has 128 valence electrons. The predicted molar refractivity (Wildman–Crippen MR) is 99.7 cm³/mol. The molecule has 0 unspecified atom stereocenters. The molecule has 0 amide bonds. The van der Waals surface area contributed by atoms with Crippen LogP contribution in [0, 0.1) is 5.92 Å². The smallest absolute Gasteiger partial charge is 0.174 e. The van der Waals surface area contributed by atoms with Gasteiger partial charge in [-0.2, -0.15) is 0 Å². The second-order valence-corrected chi connectivity index (χ2v) is 6.15. The van der Waals surface area contributed by atoms with E-state index in [1.165, 1.54) is 13.2 Å². The van der Waals surface area contributed by atoms with Gasteiger partial charge in [0.15, 0.2) is 22.4 Å². The molecule has 1 saturated heterocycles. The van der Waals surface area contributed by atoms with Crippen molar-refractivity contribution in [2.45, 2.75) is 6.04 Å². The van der Waals surface area contributed by atoms with Gasteiger partial charge in [0, 0.05) is 11.3 Å². The van der Waals surface area contributed by atoms with Crippen molar-refractivity contribution in [3.05, 3.63) is 71.9 Å². The lowest BCUT2D eigenvalue weighted by molar-refractivity contribution is 0.0912. The van der Waals surface area contributed by atoms with Crippen LogP contribution in [-0.4, -0.2) is 23.1 Å². The number of hydrogen-bond donors (Lipinski definition) is 3. The summed E-state index contributed by atoms with van der Waals surface area (Å²) in [5.41, 5.74) is 1.91. The molecule has 0 aliphatic carbocycles. The Morgan fingerprint density at radius 1 is 1.24 bits per heavy atom. The number of methoxy groups -OCH3 is 1. The van der Waals surface area contributed by atoms with Crippen molar-refractivity contribution in [1.82, 2.24) is 10.6 Å². The van der Waals surface area contributed by atoms with Crippen molar-refractivity contribution in [3.8, 4) is 11.5 Å². The Labute approximate surface area is 151 Å². The van der Waals surface area contributed by atoms with E-state index in [0.717, 1.165) is 5.56 Å². The van der Waals surface area contributed by atoms with Crippen molar-refractivity contribution in [3.63, 3.8) is 0 Å².